The van der Waals surface area contributed by atoms with Crippen molar-refractivity contribution < 1.29 is 4.39 Å². The highest BCUT2D eigenvalue weighted by Crippen LogP contribution is 2.21. The molecule has 0 atom stereocenters. The summed E-state index contributed by atoms with van der Waals surface area (Å²) in [6.07, 6.45) is 2.14. The normalized spacial score (nSPS) is 11.3. The van der Waals surface area contributed by atoms with Crippen LogP contribution >= 0.6 is 0 Å². The lowest BCUT2D eigenvalue weighted by molar-refractivity contribution is 0.636. The number of benzene rings is 2. The molecule has 4 rings (SSSR count). The van der Waals surface area contributed by atoms with Crippen molar-refractivity contribution in [2.75, 3.05) is 11.9 Å². The third-order valence-corrected chi connectivity index (χ3v) is 4.31. The summed E-state index contributed by atoms with van der Waals surface area (Å²) in [5.74, 6) is 1.33. The third-order valence-electron chi connectivity index (χ3n) is 4.31. The van der Waals surface area contributed by atoms with Crippen molar-refractivity contribution in [3.63, 3.8) is 0 Å². The van der Waals surface area contributed by atoms with Crippen molar-refractivity contribution in [2.45, 2.75) is 19.9 Å². The maximum Gasteiger partial charge on any atom is 0.149 e. The first-order valence-corrected chi connectivity index (χ1v) is 8.35. The van der Waals surface area contributed by atoms with Gasteiger partial charge in [-0.1, -0.05) is 18.2 Å². The van der Waals surface area contributed by atoms with E-state index in [1.807, 2.05) is 24.3 Å². The highest BCUT2D eigenvalue weighted by molar-refractivity contribution is 5.89. The zero-order chi connectivity index (χ0) is 17.2. The number of rotatable bonds is 5. The molecule has 1 N–H and O–H groups in total. The van der Waals surface area contributed by atoms with Gasteiger partial charge in [0.1, 0.15) is 29.3 Å². The smallest absolute Gasteiger partial charge is 0.149 e. The number of aromatic nitrogens is 4. The molecule has 0 amide bonds. The maximum absolute atomic E-state index is 13.8. The molecule has 5 nitrogen and oxygen atoms in total. The molecule has 0 spiro atoms. The Morgan fingerprint density at radius 2 is 1.96 bits per heavy atom. The number of hydrogen-bond donors (Lipinski definition) is 1. The minimum atomic E-state index is -0.337. The van der Waals surface area contributed by atoms with Gasteiger partial charge in [0.25, 0.3) is 0 Å². The monoisotopic (exact) mass is 335 g/mol. The molecule has 0 bridgehead atoms. The first-order chi connectivity index (χ1) is 12.3. The SMILES string of the molecule is CCn1c(CCNc2ncnc3c(F)cccc23)nc2ccccc21. The van der Waals surface area contributed by atoms with E-state index in [0.717, 1.165) is 29.8 Å². The quantitative estimate of drug-likeness (QED) is 0.603. The van der Waals surface area contributed by atoms with Gasteiger partial charge in [-0.3, -0.25) is 0 Å². The number of nitrogens with zero attached hydrogens (tertiary/aromatic N) is 4. The van der Waals surface area contributed by atoms with Gasteiger partial charge in [-0.2, -0.15) is 0 Å². The summed E-state index contributed by atoms with van der Waals surface area (Å²) < 4.78 is 16.1. The standard InChI is InChI=1S/C19H18FN5/c1-2-25-16-9-4-3-8-15(16)24-17(25)10-11-21-19-13-6-5-7-14(20)18(13)22-12-23-19/h3-9,12H,2,10-11H2,1H3,(H,21,22,23). The molecular formula is C19H18FN5. The number of nitrogens with one attached hydrogen (secondary N) is 1. The van der Waals surface area contributed by atoms with Crippen LogP contribution in [-0.2, 0) is 13.0 Å². The average molecular weight is 335 g/mol. The van der Waals surface area contributed by atoms with E-state index < -0.39 is 0 Å². The Balaban J connectivity index is 1.56. The molecule has 0 saturated heterocycles. The van der Waals surface area contributed by atoms with Crippen molar-refractivity contribution in [3.05, 3.63) is 60.4 Å². The summed E-state index contributed by atoms with van der Waals surface area (Å²) in [7, 11) is 0. The minimum Gasteiger partial charge on any atom is -0.369 e. The van der Waals surface area contributed by atoms with Gasteiger partial charge < -0.3 is 9.88 Å². The number of halogens is 1. The molecule has 126 valence electrons. The van der Waals surface area contributed by atoms with E-state index >= 15 is 0 Å². The predicted molar refractivity (Wildman–Crippen MR) is 97.1 cm³/mol. The molecule has 25 heavy (non-hydrogen) atoms. The van der Waals surface area contributed by atoms with E-state index in [4.69, 9.17) is 4.98 Å². The first kappa shape index (κ1) is 15.5. The van der Waals surface area contributed by atoms with Crippen LogP contribution in [0, 0.1) is 5.82 Å². The predicted octanol–water partition coefficient (Wildman–Crippen LogP) is 3.79. The molecule has 0 radical (unpaired) electrons. The van der Waals surface area contributed by atoms with E-state index in [1.165, 1.54) is 12.4 Å². The lowest BCUT2D eigenvalue weighted by Gasteiger charge is -2.09. The van der Waals surface area contributed by atoms with E-state index in [0.29, 0.717) is 23.3 Å². The highest BCUT2D eigenvalue weighted by Gasteiger charge is 2.10. The summed E-state index contributed by atoms with van der Waals surface area (Å²) in [4.78, 5) is 13.0. The summed E-state index contributed by atoms with van der Waals surface area (Å²) >= 11 is 0. The van der Waals surface area contributed by atoms with Crippen molar-refractivity contribution in [1.29, 1.82) is 0 Å². The highest BCUT2D eigenvalue weighted by atomic mass is 19.1. The molecule has 0 fully saturated rings. The van der Waals surface area contributed by atoms with Crippen LogP contribution in [0.4, 0.5) is 10.2 Å². The van der Waals surface area contributed by atoms with E-state index in [-0.39, 0.29) is 5.82 Å². The number of para-hydroxylation sites is 3. The van der Waals surface area contributed by atoms with Gasteiger partial charge >= 0.3 is 0 Å². The molecule has 4 aromatic rings. The van der Waals surface area contributed by atoms with Crippen LogP contribution < -0.4 is 5.32 Å². The van der Waals surface area contributed by atoms with Crippen molar-refractivity contribution >= 4 is 27.8 Å². The average Bonchev–Trinajstić information content (AvgIpc) is 3.00. The van der Waals surface area contributed by atoms with Crippen LogP contribution in [0.3, 0.4) is 0 Å². The second-order valence-electron chi connectivity index (χ2n) is 5.80. The Morgan fingerprint density at radius 3 is 2.84 bits per heavy atom. The molecule has 0 saturated carbocycles. The molecule has 2 heterocycles. The number of anilines is 1. The number of fused-ring (bicyclic) bond motifs is 2. The summed E-state index contributed by atoms with van der Waals surface area (Å²) in [6, 6.07) is 13.0. The van der Waals surface area contributed by atoms with Gasteiger partial charge in [0, 0.05) is 24.9 Å². The molecule has 2 aromatic heterocycles. The van der Waals surface area contributed by atoms with Crippen LogP contribution in [0.25, 0.3) is 21.9 Å². The second-order valence-corrected chi connectivity index (χ2v) is 5.80. The largest absolute Gasteiger partial charge is 0.369 e. The molecule has 0 aliphatic heterocycles. The molecular weight excluding hydrogens is 317 g/mol. The Bertz CT molecular complexity index is 1040. The Labute approximate surface area is 144 Å². The lowest BCUT2D eigenvalue weighted by Crippen LogP contribution is -2.11. The van der Waals surface area contributed by atoms with Gasteiger partial charge in [0.15, 0.2) is 0 Å². The van der Waals surface area contributed by atoms with Gasteiger partial charge in [-0.15, -0.1) is 0 Å². The summed E-state index contributed by atoms with van der Waals surface area (Å²) in [6.45, 7) is 3.65. The molecule has 2 aromatic carbocycles. The van der Waals surface area contributed by atoms with Gasteiger partial charge in [-0.05, 0) is 31.2 Å². The number of hydrogen-bond acceptors (Lipinski definition) is 4. The molecule has 0 aliphatic carbocycles. The Hall–Kier alpha value is -3.02. The third kappa shape index (κ3) is 2.80. The second kappa shape index (κ2) is 6.47. The summed E-state index contributed by atoms with van der Waals surface area (Å²) in [5, 5.41) is 3.97. The van der Waals surface area contributed by atoms with Crippen molar-refractivity contribution in [1.82, 2.24) is 19.5 Å². The fourth-order valence-electron chi connectivity index (χ4n) is 3.15. The van der Waals surface area contributed by atoms with Crippen LogP contribution in [0.1, 0.15) is 12.7 Å². The van der Waals surface area contributed by atoms with E-state index in [9.17, 15) is 4.39 Å². The number of imidazole rings is 1. The van der Waals surface area contributed by atoms with E-state index in [1.54, 1.807) is 6.07 Å². The Morgan fingerprint density at radius 1 is 1.08 bits per heavy atom. The maximum atomic E-state index is 13.8. The van der Waals surface area contributed by atoms with Crippen molar-refractivity contribution in [2.24, 2.45) is 0 Å². The Kier molecular flexibility index (Phi) is 4.01. The van der Waals surface area contributed by atoms with Crippen LogP contribution in [0.15, 0.2) is 48.8 Å². The summed E-state index contributed by atoms with van der Waals surface area (Å²) in [5.41, 5.74) is 2.49. The number of aryl methyl sites for hydroxylation is 1. The zero-order valence-electron chi connectivity index (χ0n) is 13.9. The van der Waals surface area contributed by atoms with Crippen LogP contribution in [0.2, 0.25) is 0 Å². The zero-order valence-corrected chi connectivity index (χ0v) is 13.9. The van der Waals surface area contributed by atoms with Gasteiger partial charge in [0.2, 0.25) is 0 Å². The van der Waals surface area contributed by atoms with Crippen molar-refractivity contribution in [3.8, 4) is 0 Å². The lowest BCUT2D eigenvalue weighted by atomic mass is 10.2. The van der Waals surface area contributed by atoms with Crippen LogP contribution in [-0.4, -0.2) is 26.1 Å². The van der Waals surface area contributed by atoms with Crippen LogP contribution in [0.5, 0.6) is 0 Å². The fraction of sp³-hybridized carbons (Fsp3) is 0.211. The first-order valence-electron chi connectivity index (χ1n) is 8.35. The fourth-order valence-corrected chi connectivity index (χ4v) is 3.15. The molecule has 6 heteroatoms. The van der Waals surface area contributed by atoms with Gasteiger partial charge in [0.05, 0.1) is 11.0 Å². The van der Waals surface area contributed by atoms with E-state index in [2.05, 4.69) is 32.8 Å². The topological polar surface area (TPSA) is 55.6 Å². The molecule has 0 aliphatic rings. The van der Waals surface area contributed by atoms with Gasteiger partial charge in [-0.25, -0.2) is 19.3 Å². The minimum absolute atomic E-state index is 0.334. The molecule has 0 unspecified atom stereocenters.